The van der Waals surface area contributed by atoms with Gasteiger partial charge in [0.15, 0.2) is 9.79 Å². The first-order chi connectivity index (χ1) is 27.1. The number of nitro benzene ring substituents is 4. The van der Waals surface area contributed by atoms with E-state index in [0.29, 0.717) is 42.8 Å². The van der Waals surface area contributed by atoms with Gasteiger partial charge in [0.05, 0.1) is 31.8 Å². The van der Waals surface area contributed by atoms with Crippen molar-refractivity contribution in [2.45, 2.75) is 52.2 Å². The van der Waals surface area contributed by atoms with Crippen molar-refractivity contribution in [1.29, 1.82) is 0 Å². The lowest BCUT2D eigenvalue weighted by atomic mass is 10.1. The average molecular weight is 819 g/mol. The van der Waals surface area contributed by atoms with Crippen LogP contribution in [0, 0.1) is 40.5 Å². The van der Waals surface area contributed by atoms with Crippen LogP contribution >= 0.6 is 0 Å². The number of aryl methyl sites for hydroxylation is 2. The van der Waals surface area contributed by atoms with Gasteiger partial charge in [-0.2, -0.15) is 0 Å². The van der Waals surface area contributed by atoms with E-state index < -0.39 is 82.2 Å². The summed E-state index contributed by atoms with van der Waals surface area (Å²) >= 11 is 0. The van der Waals surface area contributed by atoms with E-state index in [4.69, 9.17) is 0 Å². The highest BCUT2D eigenvalue weighted by molar-refractivity contribution is 7.91. The fraction of sp³-hybridized carbons (Fsp3) is 0.152. The fourth-order valence-electron chi connectivity index (χ4n) is 5.86. The molecule has 2 aromatic heterocycles. The number of benzene rings is 4. The van der Waals surface area contributed by atoms with Gasteiger partial charge in [0.1, 0.15) is 11.6 Å². The molecule has 0 amide bonds. The maximum atomic E-state index is 13.9. The van der Waals surface area contributed by atoms with E-state index in [1.54, 1.807) is 60.7 Å². The summed E-state index contributed by atoms with van der Waals surface area (Å²) in [6, 6.07) is 20.5. The number of para-hydroxylation sites is 2. The topological polar surface area (TPSA) is 302 Å². The molecule has 0 unspecified atom stereocenters. The van der Waals surface area contributed by atoms with Crippen molar-refractivity contribution in [2.24, 2.45) is 0 Å². The molecule has 22 nitrogen and oxygen atoms in total. The normalized spacial score (nSPS) is 11.6. The largest absolute Gasteiger partial charge is 0.295 e. The van der Waals surface area contributed by atoms with Crippen LogP contribution in [0.3, 0.4) is 0 Å². The Kier molecular flexibility index (Phi) is 10.9. The molecule has 4 aromatic carbocycles. The van der Waals surface area contributed by atoms with Gasteiger partial charge in [-0.1, -0.05) is 42.8 Å². The Morgan fingerprint density at radius 3 is 1.18 bits per heavy atom. The zero-order valence-corrected chi connectivity index (χ0v) is 30.6. The number of nitro groups is 4. The molecule has 0 fully saturated rings. The van der Waals surface area contributed by atoms with Crippen LogP contribution < -0.4 is 0 Å². The average Bonchev–Trinajstić information content (AvgIpc) is 3.83. The Morgan fingerprint density at radius 2 is 0.842 bits per heavy atom. The second-order valence-corrected chi connectivity index (χ2v) is 15.7. The van der Waals surface area contributed by atoms with Crippen molar-refractivity contribution >= 4 is 42.4 Å². The van der Waals surface area contributed by atoms with Gasteiger partial charge < -0.3 is 0 Å². The van der Waals surface area contributed by atoms with Crippen molar-refractivity contribution < 1.29 is 36.5 Å². The molecule has 0 N–H and O–H groups in total. The number of aromatic nitrogens is 6. The van der Waals surface area contributed by atoms with Gasteiger partial charge in [-0.25, -0.2) is 16.8 Å². The first-order valence-corrected chi connectivity index (χ1v) is 19.4. The Balaban J connectivity index is 1.27. The lowest BCUT2D eigenvalue weighted by Crippen LogP contribution is -2.14. The van der Waals surface area contributed by atoms with Gasteiger partial charge in [-0.3, -0.25) is 49.6 Å². The number of rotatable bonds is 16. The Labute approximate surface area is 320 Å². The van der Waals surface area contributed by atoms with Gasteiger partial charge in [0, 0.05) is 36.3 Å². The molecule has 0 atom stereocenters. The van der Waals surface area contributed by atoms with Crippen LogP contribution in [-0.2, 0) is 32.5 Å². The number of nitrogens with zero attached hydrogens (tertiary/aromatic N) is 10. The molecule has 292 valence electrons. The molecule has 24 heteroatoms. The van der Waals surface area contributed by atoms with Crippen LogP contribution in [0.2, 0.25) is 0 Å². The minimum absolute atomic E-state index is 0.147. The Morgan fingerprint density at radius 1 is 0.474 bits per heavy atom. The van der Waals surface area contributed by atoms with Crippen LogP contribution in [0.4, 0.5) is 22.7 Å². The highest BCUT2D eigenvalue weighted by Gasteiger charge is 2.36. The van der Waals surface area contributed by atoms with E-state index in [0.717, 1.165) is 24.3 Å². The lowest BCUT2D eigenvalue weighted by molar-refractivity contribution is -0.396. The predicted octanol–water partition coefficient (Wildman–Crippen LogP) is 5.10. The minimum Gasteiger partial charge on any atom is -0.270 e. The molecule has 57 heavy (non-hydrogen) atoms. The van der Waals surface area contributed by atoms with Gasteiger partial charge in [-0.15, -0.1) is 20.4 Å². The maximum absolute atomic E-state index is 13.9. The zero-order valence-electron chi connectivity index (χ0n) is 29.0. The molecule has 0 spiro atoms. The summed E-state index contributed by atoms with van der Waals surface area (Å²) < 4.78 is 57.9. The van der Waals surface area contributed by atoms with Crippen molar-refractivity contribution in [3.63, 3.8) is 0 Å². The van der Waals surface area contributed by atoms with Gasteiger partial charge >= 0.3 is 0 Å². The van der Waals surface area contributed by atoms with E-state index in [9.17, 15) is 57.3 Å². The molecule has 0 radical (unpaired) electrons. The summed E-state index contributed by atoms with van der Waals surface area (Å²) in [6.45, 7) is 0. The lowest BCUT2D eigenvalue weighted by Gasteiger charge is -2.12. The van der Waals surface area contributed by atoms with E-state index in [2.05, 4.69) is 20.4 Å². The van der Waals surface area contributed by atoms with Crippen LogP contribution in [0.1, 0.15) is 30.9 Å². The van der Waals surface area contributed by atoms with Gasteiger partial charge in [0.2, 0.25) is 19.7 Å². The highest BCUT2D eigenvalue weighted by Crippen LogP contribution is 2.35. The van der Waals surface area contributed by atoms with Gasteiger partial charge in [-0.05, 0) is 49.2 Å². The first-order valence-electron chi connectivity index (χ1n) is 16.5. The highest BCUT2D eigenvalue weighted by atomic mass is 32.2. The molecule has 6 aromatic rings. The molecule has 0 aliphatic carbocycles. The Hall–Kier alpha value is -7.34. The number of hydrogen-bond donors (Lipinski definition) is 0. The van der Waals surface area contributed by atoms with E-state index in [1.807, 2.05) is 0 Å². The second-order valence-electron chi connectivity index (χ2n) is 12.0. The third-order valence-corrected chi connectivity index (χ3v) is 11.8. The summed E-state index contributed by atoms with van der Waals surface area (Å²) in [5, 5.41) is 60.8. The standard InChI is InChI=1S/C33H26N10O12S2/c44-40(45)24-16-18-28(26(20-24)42(48)49)56(52,53)32-36-34-30(38(32)22-10-4-1-5-11-22)14-8-3-9-15-31-35-37-33(39(31)23-12-6-2-7-13-23)57(54,55)29-19-17-25(41(46)47)21-27(29)43(50)51/h1-2,4-7,10-13,16-21H,3,8-9,14-15H2. The van der Waals surface area contributed by atoms with Crippen molar-refractivity contribution in [3.05, 3.63) is 149 Å². The monoisotopic (exact) mass is 818 g/mol. The smallest absolute Gasteiger partial charge is 0.270 e. The van der Waals surface area contributed by atoms with E-state index in [1.165, 1.54) is 9.13 Å². The van der Waals surface area contributed by atoms with Crippen LogP contribution in [0.15, 0.2) is 117 Å². The van der Waals surface area contributed by atoms with Crippen LogP contribution in [0.5, 0.6) is 0 Å². The third kappa shape index (κ3) is 7.78. The Bertz CT molecular complexity index is 2590. The molecule has 6 rings (SSSR count). The van der Waals surface area contributed by atoms with Gasteiger partial charge in [0.25, 0.3) is 33.1 Å². The molecule has 0 saturated heterocycles. The summed E-state index contributed by atoms with van der Waals surface area (Å²) in [5.74, 6) is 0.352. The number of sulfone groups is 2. The number of hydrogen-bond acceptors (Lipinski definition) is 16. The van der Waals surface area contributed by atoms with Crippen molar-refractivity contribution in [3.8, 4) is 11.4 Å². The fourth-order valence-corrected chi connectivity index (χ4v) is 8.77. The summed E-state index contributed by atoms with van der Waals surface area (Å²) in [4.78, 5) is 40.6. The van der Waals surface area contributed by atoms with Crippen LogP contribution in [-0.4, -0.2) is 66.1 Å². The van der Waals surface area contributed by atoms with Crippen LogP contribution in [0.25, 0.3) is 11.4 Å². The molecule has 0 aliphatic rings. The summed E-state index contributed by atoms with van der Waals surface area (Å²) in [7, 11) is -9.54. The molecule has 0 aliphatic heterocycles. The SMILES string of the molecule is O=[N+]([O-])c1ccc(S(=O)(=O)c2nnc(CCCCCc3nnc(S(=O)(=O)c4ccc([N+](=O)[O-])cc4[N+](=O)[O-])n3-c3ccccc3)n2-c2ccccc2)c([N+](=O)[O-])c1. The number of non-ortho nitro benzene ring substituents is 2. The van der Waals surface area contributed by atoms with E-state index >= 15 is 0 Å². The zero-order chi connectivity index (χ0) is 41.1. The maximum Gasteiger partial charge on any atom is 0.295 e. The van der Waals surface area contributed by atoms with Crippen molar-refractivity contribution in [2.75, 3.05) is 0 Å². The summed E-state index contributed by atoms with van der Waals surface area (Å²) in [6.07, 6.45) is 1.49. The second kappa shape index (κ2) is 15.8. The minimum atomic E-state index is -4.77. The first kappa shape index (κ1) is 39.4. The molecule has 0 saturated carbocycles. The van der Waals surface area contributed by atoms with Crippen molar-refractivity contribution in [1.82, 2.24) is 29.5 Å². The quantitative estimate of drug-likeness (QED) is 0.0696. The predicted molar refractivity (Wildman–Crippen MR) is 194 cm³/mol. The molecular formula is C33H26N10O12S2. The molecule has 0 bridgehead atoms. The van der Waals surface area contributed by atoms with E-state index in [-0.39, 0.29) is 24.5 Å². The summed E-state index contributed by atoms with van der Waals surface area (Å²) in [5.41, 5.74) is -2.76. The third-order valence-electron chi connectivity index (χ3n) is 8.49. The molecule has 2 heterocycles. The number of unbranched alkanes of at least 4 members (excludes halogenated alkanes) is 2. The molecular weight excluding hydrogens is 793 g/mol.